The molecule has 8 heteroatoms. The molecule has 7 nitrogen and oxygen atoms in total. The SMILES string of the molecule is CCNC(=NCC1(CCOC)CCC1)NCC(C)CN(C)C(=O)OC(C)(C)C.I. The van der Waals surface area contributed by atoms with Gasteiger partial charge in [-0.2, -0.15) is 0 Å². The van der Waals surface area contributed by atoms with Gasteiger partial charge in [0.25, 0.3) is 0 Å². The zero-order valence-corrected chi connectivity index (χ0v) is 21.8. The lowest BCUT2D eigenvalue weighted by molar-refractivity contribution is 0.0278. The second kappa shape index (κ2) is 13.5. The van der Waals surface area contributed by atoms with Gasteiger partial charge in [-0.1, -0.05) is 13.3 Å². The topological polar surface area (TPSA) is 75.2 Å². The van der Waals surface area contributed by atoms with Crippen LogP contribution in [-0.2, 0) is 9.47 Å². The number of amides is 1. The summed E-state index contributed by atoms with van der Waals surface area (Å²) in [7, 11) is 3.54. The molecule has 1 rings (SSSR count). The van der Waals surface area contributed by atoms with Crippen molar-refractivity contribution in [2.45, 2.75) is 65.9 Å². The van der Waals surface area contributed by atoms with Crippen LogP contribution in [0.5, 0.6) is 0 Å². The molecule has 2 N–H and O–H groups in total. The smallest absolute Gasteiger partial charge is 0.410 e. The van der Waals surface area contributed by atoms with Crippen molar-refractivity contribution in [3.05, 3.63) is 0 Å². The molecule has 0 aliphatic heterocycles. The van der Waals surface area contributed by atoms with Crippen molar-refractivity contribution in [2.75, 3.05) is 46.9 Å². The molecule has 172 valence electrons. The van der Waals surface area contributed by atoms with Crippen molar-refractivity contribution >= 4 is 36.0 Å². The Bertz CT molecular complexity index is 505. The third-order valence-electron chi connectivity index (χ3n) is 5.08. The highest BCUT2D eigenvalue weighted by Gasteiger charge is 2.36. The van der Waals surface area contributed by atoms with Crippen LogP contribution in [0.1, 0.15) is 60.3 Å². The molecule has 1 aliphatic rings. The van der Waals surface area contributed by atoms with Gasteiger partial charge in [0.2, 0.25) is 0 Å². The van der Waals surface area contributed by atoms with Gasteiger partial charge in [0.05, 0.1) is 0 Å². The number of hydrogen-bond donors (Lipinski definition) is 2. The zero-order chi connectivity index (χ0) is 21.2. The quantitative estimate of drug-likeness (QED) is 0.257. The molecule has 1 atom stereocenters. The second-order valence-corrected chi connectivity index (χ2v) is 9.14. The molecule has 29 heavy (non-hydrogen) atoms. The normalized spacial score (nSPS) is 16.9. The monoisotopic (exact) mass is 526 g/mol. The molecular weight excluding hydrogens is 483 g/mol. The number of hydrogen-bond acceptors (Lipinski definition) is 4. The van der Waals surface area contributed by atoms with Crippen LogP contribution in [0.3, 0.4) is 0 Å². The molecular formula is C21H43IN4O3. The molecule has 0 radical (unpaired) electrons. The average molecular weight is 527 g/mol. The van der Waals surface area contributed by atoms with Crippen LogP contribution < -0.4 is 10.6 Å². The predicted octanol–water partition coefficient (Wildman–Crippen LogP) is 3.87. The van der Waals surface area contributed by atoms with E-state index in [-0.39, 0.29) is 36.0 Å². The first-order valence-electron chi connectivity index (χ1n) is 10.6. The van der Waals surface area contributed by atoms with E-state index in [1.165, 1.54) is 19.3 Å². The van der Waals surface area contributed by atoms with E-state index >= 15 is 0 Å². The van der Waals surface area contributed by atoms with Crippen LogP contribution in [0, 0.1) is 11.3 Å². The summed E-state index contributed by atoms with van der Waals surface area (Å²) in [6, 6.07) is 0. The Hall–Kier alpha value is -0.770. The van der Waals surface area contributed by atoms with Crippen molar-refractivity contribution < 1.29 is 14.3 Å². The Labute approximate surface area is 194 Å². The van der Waals surface area contributed by atoms with Crippen LogP contribution in [0.2, 0.25) is 0 Å². The van der Waals surface area contributed by atoms with Gasteiger partial charge in [-0.3, -0.25) is 4.99 Å². The third-order valence-corrected chi connectivity index (χ3v) is 5.08. The van der Waals surface area contributed by atoms with Crippen LogP contribution in [0.25, 0.3) is 0 Å². The van der Waals surface area contributed by atoms with Gasteiger partial charge in [-0.15, -0.1) is 24.0 Å². The van der Waals surface area contributed by atoms with Crippen LogP contribution >= 0.6 is 24.0 Å². The minimum Gasteiger partial charge on any atom is -0.444 e. The Morgan fingerprint density at radius 3 is 2.41 bits per heavy atom. The standard InChI is InChI=1S/C21H42N4O3.HI/c1-8-22-18(24-16-21(10-9-11-21)12-13-27-7)23-14-17(2)15-25(6)19(26)28-20(3,4)5;/h17H,8-16H2,1-7H3,(H2,22,23,24);1H. The summed E-state index contributed by atoms with van der Waals surface area (Å²) in [5.41, 5.74) is -0.168. The maximum absolute atomic E-state index is 12.1. The average Bonchev–Trinajstić information content (AvgIpc) is 2.56. The highest BCUT2D eigenvalue weighted by Crippen LogP contribution is 2.44. The van der Waals surface area contributed by atoms with Crippen LogP contribution in [0.15, 0.2) is 4.99 Å². The van der Waals surface area contributed by atoms with Gasteiger partial charge < -0.3 is 25.0 Å². The van der Waals surface area contributed by atoms with Crippen molar-refractivity contribution in [1.29, 1.82) is 0 Å². The molecule has 0 aromatic carbocycles. The maximum Gasteiger partial charge on any atom is 0.410 e. The molecule has 1 saturated carbocycles. The minimum atomic E-state index is -0.474. The van der Waals surface area contributed by atoms with E-state index in [9.17, 15) is 4.79 Å². The maximum atomic E-state index is 12.1. The van der Waals surface area contributed by atoms with E-state index in [1.54, 1.807) is 19.1 Å². The van der Waals surface area contributed by atoms with Gasteiger partial charge in [0.1, 0.15) is 5.60 Å². The number of nitrogens with one attached hydrogen (secondary N) is 2. The molecule has 1 fully saturated rings. The van der Waals surface area contributed by atoms with Crippen molar-refractivity contribution in [3.63, 3.8) is 0 Å². The number of halogens is 1. The largest absolute Gasteiger partial charge is 0.444 e. The first-order chi connectivity index (χ1) is 13.1. The van der Waals surface area contributed by atoms with E-state index < -0.39 is 5.60 Å². The number of nitrogens with zero attached hydrogens (tertiary/aromatic N) is 2. The first-order valence-corrected chi connectivity index (χ1v) is 10.6. The minimum absolute atomic E-state index is 0. The highest BCUT2D eigenvalue weighted by molar-refractivity contribution is 14.0. The molecule has 0 bridgehead atoms. The molecule has 1 aliphatic carbocycles. The number of aliphatic imine (C=N–C) groups is 1. The lowest BCUT2D eigenvalue weighted by Crippen LogP contribution is -2.43. The summed E-state index contributed by atoms with van der Waals surface area (Å²) in [4.78, 5) is 18.6. The van der Waals surface area contributed by atoms with Crippen molar-refractivity contribution in [3.8, 4) is 0 Å². The summed E-state index contributed by atoms with van der Waals surface area (Å²) >= 11 is 0. The fraction of sp³-hybridized carbons (Fsp3) is 0.905. The second-order valence-electron chi connectivity index (χ2n) is 9.14. The van der Waals surface area contributed by atoms with Crippen LogP contribution in [0.4, 0.5) is 4.79 Å². The number of carbonyl (C=O) groups excluding carboxylic acids is 1. The van der Waals surface area contributed by atoms with Gasteiger partial charge in [-0.05, 0) is 58.3 Å². The van der Waals surface area contributed by atoms with Crippen molar-refractivity contribution in [1.82, 2.24) is 15.5 Å². The molecule has 1 unspecified atom stereocenters. The molecule has 0 aromatic heterocycles. The molecule has 0 saturated heterocycles. The Kier molecular flexibility index (Phi) is 13.2. The van der Waals surface area contributed by atoms with E-state index in [4.69, 9.17) is 14.5 Å². The lowest BCUT2D eigenvalue weighted by atomic mass is 9.67. The Morgan fingerprint density at radius 1 is 1.28 bits per heavy atom. The molecule has 0 spiro atoms. The fourth-order valence-electron chi connectivity index (χ4n) is 3.29. The van der Waals surface area contributed by atoms with E-state index in [0.29, 0.717) is 12.0 Å². The molecule has 1 amide bonds. The zero-order valence-electron chi connectivity index (χ0n) is 19.5. The van der Waals surface area contributed by atoms with Gasteiger partial charge in [-0.25, -0.2) is 4.79 Å². The number of ether oxygens (including phenoxy) is 2. The third kappa shape index (κ3) is 11.3. The summed E-state index contributed by atoms with van der Waals surface area (Å²) in [5.74, 6) is 1.12. The summed E-state index contributed by atoms with van der Waals surface area (Å²) in [6.45, 7) is 13.6. The number of rotatable bonds is 10. The highest BCUT2D eigenvalue weighted by atomic mass is 127. The van der Waals surface area contributed by atoms with Gasteiger partial charge in [0.15, 0.2) is 5.96 Å². The van der Waals surface area contributed by atoms with E-state index in [1.807, 2.05) is 20.8 Å². The molecule has 0 heterocycles. The van der Waals surface area contributed by atoms with E-state index in [0.717, 1.165) is 38.6 Å². The summed E-state index contributed by atoms with van der Waals surface area (Å²) in [6.07, 6.45) is 4.54. The number of methoxy groups -OCH3 is 1. The lowest BCUT2D eigenvalue weighted by Gasteiger charge is -2.40. The van der Waals surface area contributed by atoms with Gasteiger partial charge >= 0.3 is 6.09 Å². The molecule has 0 aromatic rings. The number of carbonyl (C=O) groups is 1. The number of guanidine groups is 1. The summed E-state index contributed by atoms with van der Waals surface area (Å²) < 4.78 is 10.7. The summed E-state index contributed by atoms with van der Waals surface area (Å²) in [5, 5.41) is 6.74. The fourth-order valence-corrected chi connectivity index (χ4v) is 3.29. The van der Waals surface area contributed by atoms with Crippen LogP contribution in [-0.4, -0.2) is 69.5 Å². The van der Waals surface area contributed by atoms with Crippen molar-refractivity contribution in [2.24, 2.45) is 16.3 Å². The van der Waals surface area contributed by atoms with E-state index in [2.05, 4.69) is 24.5 Å². The predicted molar refractivity (Wildman–Crippen MR) is 130 cm³/mol. The Morgan fingerprint density at radius 2 is 1.93 bits per heavy atom. The van der Waals surface area contributed by atoms with Gasteiger partial charge in [0, 0.05) is 46.9 Å². The Balaban J connectivity index is 0.00000784. The first kappa shape index (κ1) is 28.2.